The van der Waals surface area contributed by atoms with E-state index in [0.29, 0.717) is 13.1 Å². The highest BCUT2D eigenvalue weighted by Gasteiger charge is 2.15. The molecule has 0 aliphatic heterocycles. The van der Waals surface area contributed by atoms with Crippen molar-refractivity contribution >= 4 is 11.6 Å². The van der Waals surface area contributed by atoms with Crippen LogP contribution in [0.5, 0.6) is 0 Å². The van der Waals surface area contributed by atoms with Crippen LogP contribution in [0.15, 0.2) is 24.3 Å². The third kappa shape index (κ3) is 5.68. The fourth-order valence-corrected chi connectivity index (χ4v) is 1.76. The lowest BCUT2D eigenvalue weighted by molar-refractivity contribution is -0.123. The molecular formula is C14H23N3O. The van der Waals surface area contributed by atoms with Crippen LogP contribution in [0.25, 0.3) is 0 Å². The van der Waals surface area contributed by atoms with Crippen LogP contribution in [0.2, 0.25) is 0 Å². The third-order valence-electron chi connectivity index (χ3n) is 2.33. The fraction of sp³-hybridized carbons (Fsp3) is 0.500. The van der Waals surface area contributed by atoms with Gasteiger partial charge >= 0.3 is 0 Å². The van der Waals surface area contributed by atoms with Crippen molar-refractivity contribution < 1.29 is 4.79 Å². The van der Waals surface area contributed by atoms with Crippen LogP contribution in [0.3, 0.4) is 0 Å². The van der Waals surface area contributed by atoms with Gasteiger partial charge in [-0.2, -0.15) is 0 Å². The van der Waals surface area contributed by atoms with Crippen LogP contribution in [0.1, 0.15) is 26.3 Å². The van der Waals surface area contributed by atoms with E-state index in [1.807, 2.05) is 57.0 Å². The molecule has 0 saturated heterocycles. The number of carbonyl (C=O) groups is 1. The van der Waals surface area contributed by atoms with E-state index in [4.69, 9.17) is 5.73 Å². The highest BCUT2D eigenvalue weighted by atomic mass is 16.2. The monoisotopic (exact) mass is 249 g/mol. The second-order valence-electron chi connectivity index (χ2n) is 5.72. The molecule has 1 aromatic rings. The number of nitrogen functional groups attached to an aromatic ring is 1. The first kappa shape index (κ1) is 14.5. The predicted octanol–water partition coefficient (Wildman–Crippen LogP) is 1.62. The molecule has 0 atom stereocenters. The van der Waals surface area contributed by atoms with E-state index in [2.05, 4.69) is 5.32 Å². The molecule has 4 heteroatoms. The second-order valence-corrected chi connectivity index (χ2v) is 5.72. The lowest BCUT2D eigenvalue weighted by Gasteiger charge is -2.23. The van der Waals surface area contributed by atoms with Crippen molar-refractivity contribution in [3.8, 4) is 0 Å². The summed E-state index contributed by atoms with van der Waals surface area (Å²) in [5, 5.41) is 2.94. The summed E-state index contributed by atoms with van der Waals surface area (Å²) < 4.78 is 0. The molecule has 18 heavy (non-hydrogen) atoms. The van der Waals surface area contributed by atoms with E-state index in [-0.39, 0.29) is 11.4 Å². The van der Waals surface area contributed by atoms with E-state index in [1.165, 1.54) is 0 Å². The van der Waals surface area contributed by atoms with Gasteiger partial charge in [-0.05, 0) is 45.5 Å². The van der Waals surface area contributed by atoms with Crippen molar-refractivity contribution in [1.29, 1.82) is 0 Å². The summed E-state index contributed by atoms with van der Waals surface area (Å²) in [7, 11) is 1.92. The topological polar surface area (TPSA) is 58.4 Å². The van der Waals surface area contributed by atoms with Gasteiger partial charge in [0.15, 0.2) is 0 Å². The number of carbonyl (C=O) groups excluding carboxylic acids is 1. The summed E-state index contributed by atoms with van der Waals surface area (Å²) in [4.78, 5) is 13.7. The number of amides is 1. The Morgan fingerprint density at radius 1 is 1.39 bits per heavy atom. The van der Waals surface area contributed by atoms with Crippen molar-refractivity contribution in [2.75, 3.05) is 19.3 Å². The molecule has 0 saturated carbocycles. The summed E-state index contributed by atoms with van der Waals surface area (Å²) in [6.07, 6.45) is 0. The highest BCUT2D eigenvalue weighted by molar-refractivity contribution is 5.78. The molecule has 4 nitrogen and oxygen atoms in total. The number of nitrogens with one attached hydrogen (secondary N) is 1. The molecule has 0 aliphatic carbocycles. The first-order valence-corrected chi connectivity index (χ1v) is 6.10. The molecule has 0 heterocycles. The Kier molecular flexibility index (Phi) is 4.73. The summed E-state index contributed by atoms with van der Waals surface area (Å²) in [6.45, 7) is 7.02. The van der Waals surface area contributed by atoms with Gasteiger partial charge in [0.1, 0.15) is 0 Å². The summed E-state index contributed by atoms with van der Waals surface area (Å²) >= 11 is 0. The zero-order valence-electron chi connectivity index (χ0n) is 11.7. The standard InChI is InChI=1S/C14H23N3O/c1-14(2,3)16-13(18)10-17(4)9-11-6-5-7-12(15)8-11/h5-8H,9-10,15H2,1-4H3,(H,16,18). The van der Waals surface area contributed by atoms with Gasteiger partial charge in [-0.3, -0.25) is 9.69 Å². The van der Waals surface area contributed by atoms with Crippen LogP contribution < -0.4 is 11.1 Å². The zero-order valence-corrected chi connectivity index (χ0v) is 11.7. The van der Waals surface area contributed by atoms with Crippen molar-refractivity contribution in [2.24, 2.45) is 0 Å². The van der Waals surface area contributed by atoms with Gasteiger partial charge < -0.3 is 11.1 Å². The molecule has 0 aromatic heterocycles. The number of nitrogens with zero attached hydrogens (tertiary/aromatic N) is 1. The molecule has 100 valence electrons. The van der Waals surface area contributed by atoms with Gasteiger partial charge in [-0.15, -0.1) is 0 Å². The lowest BCUT2D eigenvalue weighted by atomic mass is 10.1. The number of hydrogen-bond acceptors (Lipinski definition) is 3. The van der Waals surface area contributed by atoms with Gasteiger partial charge in [-0.1, -0.05) is 12.1 Å². The fourth-order valence-electron chi connectivity index (χ4n) is 1.76. The minimum absolute atomic E-state index is 0.0360. The Balaban J connectivity index is 2.47. The maximum absolute atomic E-state index is 11.7. The number of anilines is 1. The van der Waals surface area contributed by atoms with Gasteiger partial charge in [0.25, 0.3) is 0 Å². The van der Waals surface area contributed by atoms with Gasteiger partial charge in [-0.25, -0.2) is 0 Å². The Morgan fingerprint density at radius 2 is 2.06 bits per heavy atom. The molecule has 1 amide bonds. The highest BCUT2D eigenvalue weighted by Crippen LogP contribution is 2.08. The number of rotatable bonds is 4. The maximum Gasteiger partial charge on any atom is 0.234 e. The largest absolute Gasteiger partial charge is 0.399 e. The SMILES string of the molecule is CN(CC(=O)NC(C)(C)C)Cc1cccc(N)c1. The minimum Gasteiger partial charge on any atom is -0.399 e. The Morgan fingerprint density at radius 3 is 2.61 bits per heavy atom. The van der Waals surface area contributed by atoms with Crippen LogP contribution in [0.4, 0.5) is 5.69 Å². The molecule has 0 unspecified atom stereocenters. The quantitative estimate of drug-likeness (QED) is 0.797. The number of benzene rings is 1. The van der Waals surface area contributed by atoms with Crippen molar-refractivity contribution in [2.45, 2.75) is 32.9 Å². The molecule has 0 radical (unpaired) electrons. The smallest absolute Gasteiger partial charge is 0.234 e. The molecule has 0 aliphatic rings. The van der Waals surface area contributed by atoms with E-state index in [9.17, 15) is 4.79 Å². The normalized spacial score (nSPS) is 11.6. The Labute approximate surface area is 109 Å². The van der Waals surface area contributed by atoms with E-state index >= 15 is 0 Å². The Hall–Kier alpha value is -1.55. The van der Waals surface area contributed by atoms with Gasteiger partial charge in [0.2, 0.25) is 5.91 Å². The van der Waals surface area contributed by atoms with E-state index < -0.39 is 0 Å². The summed E-state index contributed by atoms with van der Waals surface area (Å²) in [6, 6.07) is 7.72. The van der Waals surface area contributed by atoms with Crippen molar-refractivity contribution in [3.63, 3.8) is 0 Å². The maximum atomic E-state index is 11.7. The van der Waals surface area contributed by atoms with Crippen molar-refractivity contribution in [3.05, 3.63) is 29.8 Å². The average molecular weight is 249 g/mol. The first-order chi connectivity index (χ1) is 8.26. The summed E-state index contributed by atoms with van der Waals surface area (Å²) in [5.41, 5.74) is 7.40. The lowest BCUT2D eigenvalue weighted by Crippen LogP contribution is -2.45. The molecule has 3 N–H and O–H groups in total. The van der Waals surface area contributed by atoms with Crippen LogP contribution in [0, 0.1) is 0 Å². The number of hydrogen-bond donors (Lipinski definition) is 2. The van der Waals surface area contributed by atoms with Gasteiger partial charge in [0, 0.05) is 17.8 Å². The molecule has 0 spiro atoms. The second kappa shape index (κ2) is 5.87. The molecule has 1 rings (SSSR count). The minimum atomic E-state index is -0.185. The zero-order chi connectivity index (χ0) is 13.8. The van der Waals surface area contributed by atoms with Crippen LogP contribution in [-0.4, -0.2) is 29.9 Å². The molecular weight excluding hydrogens is 226 g/mol. The first-order valence-electron chi connectivity index (χ1n) is 6.10. The predicted molar refractivity (Wildman–Crippen MR) is 75.1 cm³/mol. The average Bonchev–Trinajstić information content (AvgIpc) is 2.13. The van der Waals surface area contributed by atoms with E-state index in [0.717, 1.165) is 11.3 Å². The summed E-state index contributed by atoms with van der Waals surface area (Å²) in [5.74, 6) is 0.0360. The molecule has 1 aromatic carbocycles. The third-order valence-corrected chi connectivity index (χ3v) is 2.33. The van der Waals surface area contributed by atoms with E-state index in [1.54, 1.807) is 0 Å². The molecule has 0 bridgehead atoms. The van der Waals surface area contributed by atoms with Crippen molar-refractivity contribution in [1.82, 2.24) is 10.2 Å². The number of nitrogens with two attached hydrogens (primary N) is 1. The number of likely N-dealkylation sites (N-methyl/N-ethyl adjacent to an activating group) is 1. The van der Waals surface area contributed by atoms with Gasteiger partial charge in [0.05, 0.1) is 6.54 Å². The Bertz CT molecular complexity index is 410. The van der Waals surface area contributed by atoms with Crippen LogP contribution >= 0.6 is 0 Å². The molecule has 0 fully saturated rings. The van der Waals surface area contributed by atoms with Crippen LogP contribution in [-0.2, 0) is 11.3 Å².